The second kappa shape index (κ2) is 5.14. The Morgan fingerprint density at radius 2 is 2.00 bits per heavy atom. The molecule has 0 aliphatic heterocycles. The Kier molecular flexibility index (Phi) is 3.58. The number of rotatable bonds is 3. The molecule has 0 amide bonds. The Morgan fingerprint density at radius 3 is 2.72 bits per heavy atom. The van der Waals surface area contributed by atoms with Crippen molar-refractivity contribution in [1.29, 1.82) is 0 Å². The molecule has 0 spiro atoms. The van der Waals surface area contributed by atoms with Gasteiger partial charge in [0.2, 0.25) is 0 Å². The molecular formula is C14H15FN2O. The van der Waals surface area contributed by atoms with E-state index in [0.29, 0.717) is 12.3 Å². The molecular weight excluding hydrogens is 231 g/mol. The fourth-order valence-corrected chi connectivity index (χ4v) is 1.62. The average molecular weight is 246 g/mol. The number of nitrogens with two attached hydrogens (primary N) is 1. The lowest BCUT2D eigenvalue weighted by atomic mass is 10.2. The summed E-state index contributed by atoms with van der Waals surface area (Å²) < 4.78 is 19.2. The highest BCUT2D eigenvalue weighted by Crippen LogP contribution is 2.28. The van der Waals surface area contributed by atoms with Gasteiger partial charge in [0, 0.05) is 30.1 Å². The molecule has 0 unspecified atom stereocenters. The highest BCUT2D eigenvalue weighted by Gasteiger charge is 2.09. The van der Waals surface area contributed by atoms with Gasteiger partial charge in [0.1, 0.15) is 5.75 Å². The van der Waals surface area contributed by atoms with E-state index < -0.39 is 5.82 Å². The third-order valence-corrected chi connectivity index (χ3v) is 2.61. The average Bonchev–Trinajstić information content (AvgIpc) is 2.34. The van der Waals surface area contributed by atoms with Crippen molar-refractivity contribution in [1.82, 2.24) is 4.98 Å². The second-order valence-corrected chi connectivity index (χ2v) is 4.17. The van der Waals surface area contributed by atoms with Crippen LogP contribution in [0.25, 0.3) is 0 Å². The van der Waals surface area contributed by atoms with Crippen LogP contribution in [-0.2, 0) is 6.54 Å². The van der Waals surface area contributed by atoms with Crippen LogP contribution >= 0.6 is 0 Å². The molecule has 1 aromatic heterocycles. The number of nitrogens with zero attached hydrogens (tertiary/aromatic N) is 1. The van der Waals surface area contributed by atoms with Crippen LogP contribution in [0, 0.1) is 19.7 Å². The molecule has 94 valence electrons. The van der Waals surface area contributed by atoms with Gasteiger partial charge < -0.3 is 10.5 Å². The topological polar surface area (TPSA) is 48.1 Å². The molecule has 0 aliphatic rings. The summed E-state index contributed by atoms with van der Waals surface area (Å²) in [6.07, 6.45) is 1.65. The monoisotopic (exact) mass is 246 g/mol. The fraction of sp³-hybridized carbons (Fsp3) is 0.214. The van der Waals surface area contributed by atoms with E-state index in [4.69, 9.17) is 10.5 Å². The van der Waals surface area contributed by atoms with Crippen LogP contribution in [0.3, 0.4) is 0 Å². The summed E-state index contributed by atoms with van der Waals surface area (Å²) in [5.74, 6) is 0.364. The van der Waals surface area contributed by atoms with E-state index in [1.807, 2.05) is 13.8 Å². The molecule has 1 heterocycles. The third-order valence-electron chi connectivity index (χ3n) is 2.61. The summed E-state index contributed by atoms with van der Waals surface area (Å²) in [6.45, 7) is 4.03. The summed E-state index contributed by atoms with van der Waals surface area (Å²) in [4.78, 5) is 4.14. The van der Waals surface area contributed by atoms with Crippen LogP contribution in [0.4, 0.5) is 4.39 Å². The summed E-state index contributed by atoms with van der Waals surface area (Å²) in [7, 11) is 0. The first-order chi connectivity index (χ1) is 8.60. The van der Waals surface area contributed by atoms with E-state index >= 15 is 0 Å². The van der Waals surface area contributed by atoms with Crippen LogP contribution in [0.5, 0.6) is 11.5 Å². The molecule has 0 saturated carbocycles. The molecule has 0 bridgehead atoms. The molecule has 2 rings (SSSR count). The van der Waals surface area contributed by atoms with E-state index in [1.165, 1.54) is 6.07 Å². The van der Waals surface area contributed by atoms with Crippen molar-refractivity contribution in [3.05, 3.63) is 53.1 Å². The van der Waals surface area contributed by atoms with E-state index in [0.717, 1.165) is 16.8 Å². The lowest BCUT2D eigenvalue weighted by Gasteiger charge is -2.11. The maximum Gasteiger partial charge on any atom is 0.165 e. The highest BCUT2D eigenvalue weighted by atomic mass is 19.1. The standard InChI is InChI=1S/C14H15FN2O/c1-9-3-4-12(15)14(5-9)18-13-6-10(2)17-8-11(13)7-16/h3-6,8H,7,16H2,1-2H3. The van der Waals surface area contributed by atoms with Crippen LogP contribution in [0.2, 0.25) is 0 Å². The van der Waals surface area contributed by atoms with Crippen molar-refractivity contribution in [3.8, 4) is 11.5 Å². The Labute approximate surface area is 105 Å². The van der Waals surface area contributed by atoms with Crippen molar-refractivity contribution in [2.24, 2.45) is 5.73 Å². The normalized spacial score (nSPS) is 10.4. The Bertz CT molecular complexity index is 570. The Morgan fingerprint density at radius 1 is 1.22 bits per heavy atom. The zero-order valence-electron chi connectivity index (χ0n) is 10.4. The lowest BCUT2D eigenvalue weighted by molar-refractivity contribution is 0.436. The number of halogens is 1. The number of ether oxygens (including phenoxy) is 1. The van der Waals surface area contributed by atoms with Crippen molar-refractivity contribution in [2.75, 3.05) is 0 Å². The third kappa shape index (κ3) is 2.65. The molecule has 4 heteroatoms. The molecule has 0 radical (unpaired) electrons. The smallest absolute Gasteiger partial charge is 0.165 e. The lowest BCUT2D eigenvalue weighted by Crippen LogP contribution is -2.01. The zero-order valence-corrected chi connectivity index (χ0v) is 10.4. The molecule has 0 saturated heterocycles. The summed E-state index contributed by atoms with van der Waals surface area (Å²) >= 11 is 0. The summed E-state index contributed by atoms with van der Waals surface area (Å²) in [5.41, 5.74) is 8.10. The summed E-state index contributed by atoms with van der Waals surface area (Å²) in [6, 6.07) is 6.50. The van der Waals surface area contributed by atoms with Crippen molar-refractivity contribution in [2.45, 2.75) is 20.4 Å². The molecule has 2 N–H and O–H groups in total. The quantitative estimate of drug-likeness (QED) is 0.905. The van der Waals surface area contributed by atoms with Gasteiger partial charge in [-0.1, -0.05) is 6.07 Å². The fourth-order valence-electron chi connectivity index (χ4n) is 1.62. The molecule has 0 atom stereocenters. The van der Waals surface area contributed by atoms with Gasteiger partial charge in [-0.15, -0.1) is 0 Å². The van der Waals surface area contributed by atoms with Gasteiger partial charge in [0.05, 0.1) is 0 Å². The van der Waals surface area contributed by atoms with Gasteiger partial charge in [-0.3, -0.25) is 4.98 Å². The number of pyridine rings is 1. The zero-order chi connectivity index (χ0) is 13.1. The molecule has 3 nitrogen and oxygen atoms in total. The number of benzene rings is 1. The SMILES string of the molecule is Cc1ccc(F)c(Oc2cc(C)ncc2CN)c1. The Hall–Kier alpha value is -1.94. The van der Waals surface area contributed by atoms with Crippen LogP contribution in [0.15, 0.2) is 30.5 Å². The van der Waals surface area contributed by atoms with Gasteiger partial charge >= 0.3 is 0 Å². The van der Waals surface area contributed by atoms with E-state index in [-0.39, 0.29) is 5.75 Å². The van der Waals surface area contributed by atoms with Crippen LogP contribution < -0.4 is 10.5 Å². The van der Waals surface area contributed by atoms with Crippen LogP contribution in [0.1, 0.15) is 16.8 Å². The van der Waals surface area contributed by atoms with Crippen molar-refractivity contribution >= 4 is 0 Å². The van der Waals surface area contributed by atoms with Gasteiger partial charge in [-0.25, -0.2) is 4.39 Å². The first-order valence-corrected chi connectivity index (χ1v) is 5.69. The maximum absolute atomic E-state index is 13.6. The summed E-state index contributed by atoms with van der Waals surface area (Å²) in [5, 5.41) is 0. The van der Waals surface area contributed by atoms with Gasteiger partial charge in [0.25, 0.3) is 0 Å². The number of aromatic nitrogens is 1. The second-order valence-electron chi connectivity index (χ2n) is 4.17. The minimum atomic E-state index is -0.391. The molecule has 18 heavy (non-hydrogen) atoms. The number of hydrogen-bond acceptors (Lipinski definition) is 3. The largest absolute Gasteiger partial charge is 0.454 e. The number of aryl methyl sites for hydroxylation is 2. The number of hydrogen-bond donors (Lipinski definition) is 1. The highest BCUT2D eigenvalue weighted by molar-refractivity contribution is 5.39. The molecule has 1 aromatic carbocycles. The van der Waals surface area contributed by atoms with Gasteiger partial charge in [0.15, 0.2) is 11.6 Å². The van der Waals surface area contributed by atoms with E-state index in [2.05, 4.69) is 4.98 Å². The first-order valence-electron chi connectivity index (χ1n) is 5.69. The van der Waals surface area contributed by atoms with E-state index in [1.54, 1.807) is 24.4 Å². The predicted octanol–water partition coefficient (Wildman–Crippen LogP) is 3.09. The minimum absolute atomic E-state index is 0.204. The van der Waals surface area contributed by atoms with Crippen molar-refractivity contribution in [3.63, 3.8) is 0 Å². The van der Waals surface area contributed by atoms with Crippen LogP contribution in [-0.4, -0.2) is 4.98 Å². The minimum Gasteiger partial charge on any atom is -0.454 e. The van der Waals surface area contributed by atoms with Gasteiger partial charge in [-0.2, -0.15) is 0 Å². The maximum atomic E-state index is 13.6. The first kappa shape index (κ1) is 12.5. The predicted molar refractivity (Wildman–Crippen MR) is 68.1 cm³/mol. The Balaban J connectivity index is 2.38. The van der Waals surface area contributed by atoms with Crippen molar-refractivity contribution < 1.29 is 9.13 Å². The molecule has 2 aromatic rings. The van der Waals surface area contributed by atoms with Gasteiger partial charge in [-0.05, 0) is 31.5 Å². The van der Waals surface area contributed by atoms with E-state index in [9.17, 15) is 4.39 Å². The molecule has 0 fully saturated rings. The molecule has 0 aliphatic carbocycles.